The van der Waals surface area contributed by atoms with E-state index in [1.165, 1.54) is 17.7 Å². The summed E-state index contributed by atoms with van der Waals surface area (Å²) in [5, 5.41) is 10.2. The highest BCUT2D eigenvalue weighted by molar-refractivity contribution is 5.83. The van der Waals surface area contributed by atoms with Crippen molar-refractivity contribution in [3.63, 3.8) is 0 Å². The molecule has 1 unspecified atom stereocenters. The smallest absolute Gasteiger partial charge is 0.326 e. The number of hydrogen-bond acceptors (Lipinski definition) is 3. The predicted molar refractivity (Wildman–Crippen MR) is 76.3 cm³/mol. The molecule has 0 aliphatic heterocycles. The van der Waals surface area contributed by atoms with E-state index in [2.05, 4.69) is 0 Å². The summed E-state index contributed by atoms with van der Waals surface area (Å²) in [4.78, 5) is 23.3. The fraction of sp³-hybridized carbons (Fsp3) is 0.333. The van der Waals surface area contributed by atoms with E-state index in [0.29, 0.717) is 11.1 Å². The van der Waals surface area contributed by atoms with Crippen LogP contribution >= 0.6 is 0 Å². The second kappa shape index (κ2) is 5.36. The Labute approximate surface area is 116 Å². The summed E-state index contributed by atoms with van der Waals surface area (Å²) in [5.74, 6) is -0.345. The van der Waals surface area contributed by atoms with Gasteiger partial charge in [-0.2, -0.15) is 0 Å². The predicted octanol–water partition coefficient (Wildman–Crippen LogP) is 2.43. The minimum atomic E-state index is -1.04. The van der Waals surface area contributed by atoms with Crippen molar-refractivity contribution in [1.29, 1.82) is 0 Å². The average molecular weight is 275 g/mol. The SMILES string of the molecule is CC(C)Oc1ccc2c(=O)n(C(C)C(=O)O)ccc2c1. The van der Waals surface area contributed by atoms with Crippen LogP contribution in [-0.2, 0) is 4.79 Å². The van der Waals surface area contributed by atoms with Crippen LogP contribution < -0.4 is 10.3 Å². The van der Waals surface area contributed by atoms with E-state index >= 15 is 0 Å². The van der Waals surface area contributed by atoms with Crippen molar-refractivity contribution < 1.29 is 14.6 Å². The topological polar surface area (TPSA) is 68.5 Å². The van der Waals surface area contributed by atoms with E-state index in [0.717, 1.165) is 5.39 Å². The first-order chi connectivity index (χ1) is 9.40. The number of pyridine rings is 1. The highest BCUT2D eigenvalue weighted by Gasteiger charge is 2.15. The summed E-state index contributed by atoms with van der Waals surface area (Å²) in [6.45, 7) is 5.33. The monoisotopic (exact) mass is 275 g/mol. The van der Waals surface area contributed by atoms with Crippen molar-refractivity contribution in [3.05, 3.63) is 40.8 Å². The Morgan fingerprint density at radius 3 is 2.55 bits per heavy atom. The minimum Gasteiger partial charge on any atom is -0.491 e. The molecule has 1 atom stereocenters. The molecule has 106 valence electrons. The van der Waals surface area contributed by atoms with E-state index in [-0.39, 0.29) is 11.7 Å². The van der Waals surface area contributed by atoms with Crippen LogP contribution in [0.4, 0.5) is 0 Å². The fourth-order valence-corrected chi connectivity index (χ4v) is 2.01. The quantitative estimate of drug-likeness (QED) is 0.930. The second-order valence-corrected chi connectivity index (χ2v) is 4.96. The van der Waals surface area contributed by atoms with Gasteiger partial charge in [0.1, 0.15) is 11.8 Å². The number of aliphatic carboxylic acids is 1. The van der Waals surface area contributed by atoms with Crippen molar-refractivity contribution in [2.75, 3.05) is 0 Å². The van der Waals surface area contributed by atoms with Gasteiger partial charge in [0.25, 0.3) is 5.56 Å². The van der Waals surface area contributed by atoms with E-state index < -0.39 is 12.0 Å². The standard InChI is InChI=1S/C15H17NO4/c1-9(2)20-12-4-5-13-11(8-12)6-7-16(14(13)17)10(3)15(18)19/h4-10H,1-3H3,(H,18,19). The molecule has 0 aliphatic carbocycles. The number of nitrogens with zero attached hydrogens (tertiary/aromatic N) is 1. The van der Waals surface area contributed by atoms with Gasteiger partial charge in [-0.25, -0.2) is 4.79 Å². The number of rotatable bonds is 4. The van der Waals surface area contributed by atoms with Crippen LogP contribution in [0.3, 0.4) is 0 Å². The first-order valence-corrected chi connectivity index (χ1v) is 6.44. The number of carbonyl (C=O) groups is 1. The first-order valence-electron chi connectivity index (χ1n) is 6.44. The molecule has 0 radical (unpaired) electrons. The summed E-state index contributed by atoms with van der Waals surface area (Å²) < 4.78 is 6.79. The van der Waals surface area contributed by atoms with E-state index in [1.54, 1.807) is 24.3 Å². The van der Waals surface area contributed by atoms with Gasteiger partial charge in [0.05, 0.1) is 6.10 Å². The largest absolute Gasteiger partial charge is 0.491 e. The number of ether oxygens (including phenoxy) is 1. The van der Waals surface area contributed by atoms with Crippen molar-refractivity contribution in [2.24, 2.45) is 0 Å². The molecule has 5 heteroatoms. The number of carboxylic acids is 1. The lowest BCUT2D eigenvalue weighted by atomic mass is 10.1. The summed E-state index contributed by atoms with van der Waals surface area (Å²) in [6.07, 6.45) is 1.56. The number of aromatic nitrogens is 1. The van der Waals surface area contributed by atoms with Crippen LogP contribution in [0.15, 0.2) is 35.3 Å². The maximum Gasteiger partial charge on any atom is 0.326 e. The molecule has 0 saturated carbocycles. The first kappa shape index (κ1) is 14.1. The van der Waals surface area contributed by atoms with Gasteiger partial charge in [0, 0.05) is 11.6 Å². The van der Waals surface area contributed by atoms with E-state index in [9.17, 15) is 9.59 Å². The summed E-state index contributed by atoms with van der Waals surface area (Å²) in [6, 6.07) is 6.01. The molecule has 0 aliphatic rings. The number of hydrogen-bond donors (Lipinski definition) is 1. The van der Waals surface area contributed by atoms with Crippen molar-refractivity contribution in [2.45, 2.75) is 32.9 Å². The third-order valence-electron chi connectivity index (χ3n) is 3.05. The molecule has 0 fully saturated rings. The lowest BCUT2D eigenvalue weighted by molar-refractivity contribution is -0.140. The van der Waals surface area contributed by atoms with Gasteiger partial charge in [0.15, 0.2) is 0 Å². The Hall–Kier alpha value is -2.30. The molecule has 2 aromatic rings. The van der Waals surface area contributed by atoms with Gasteiger partial charge >= 0.3 is 5.97 Å². The fourth-order valence-electron chi connectivity index (χ4n) is 2.01. The summed E-state index contributed by atoms with van der Waals surface area (Å²) >= 11 is 0. The van der Waals surface area contributed by atoms with Gasteiger partial charge in [-0.15, -0.1) is 0 Å². The average Bonchev–Trinajstić information content (AvgIpc) is 2.37. The molecule has 1 aromatic carbocycles. The lowest BCUT2D eigenvalue weighted by Crippen LogP contribution is -2.27. The Bertz CT molecular complexity index is 703. The third-order valence-corrected chi connectivity index (χ3v) is 3.05. The van der Waals surface area contributed by atoms with E-state index in [1.807, 2.05) is 13.8 Å². The lowest BCUT2D eigenvalue weighted by Gasteiger charge is -2.13. The van der Waals surface area contributed by atoms with Gasteiger partial charge in [-0.3, -0.25) is 4.79 Å². The number of fused-ring (bicyclic) bond motifs is 1. The van der Waals surface area contributed by atoms with Crippen LogP contribution in [0.5, 0.6) is 5.75 Å². The van der Waals surface area contributed by atoms with E-state index in [4.69, 9.17) is 9.84 Å². The minimum absolute atomic E-state index is 0.0554. The summed E-state index contributed by atoms with van der Waals surface area (Å²) in [5.41, 5.74) is -0.312. The molecular weight excluding hydrogens is 258 g/mol. The Kier molecular flexibility index (Phi) is 3.79. The highest BCUT2D eigenvalue weighted by atomic mass is 16.5. The molecule has 0 spiro atoms. The van der Waals surface area contributed by atoms with Gasteiger partial charge < -0.3 is 14.4 Å². The van der Waals surface area contributed by atoms with Crippen molar-refractivity contribution >= 4 is 16.7 Å². The molecule has 5 nitrogen and oxygen atoms in total. The van der Waals surface area contributed by atoms with Crippen LogP contribution in [0, 0.1) is 0 Å². The zero-order chi connectivity index (χ0) is 14.9. The van der Waals surface area contributed by atoms with Gasteiger partial charge in [-0.1, -0.05) is 0 Å². The number of carboxylic acid groups (broad SMARTS) is 1. The maximum atomic E-state index is 12.3. The van der Waals surface area contributed by atoms with Crippen LogP contribution in [-0.4, -0.2) is 21.7 Å². The molecule has 0 bridgehead atoms. The molecule has 0 saturated heterocycles. The molecular formula is C15H17NO4. The Balaban J connectivity index is 2.53. The molecule has 1 N–H and O–H groups in total. The highest BCUT2D eigenvalue weighted by Crippen LogP contribution is 2.20. The molecule has 1 heterocycles. The number of benzene rings is 1. The van der Waals surface area contributed by atoms with Crippen molar-refractivity contribution in [1.82, 2.24) is 4.57 Å². The normalized spacial score (nSPS) is 12.6. The maximum absolute atomic E-state index is 12.3. The molecule has 0 amide bonds. The Morgan fingerprint density at radius 1 is 1.25 bits per heavy atom. The van der Waals surface area contributed by atoms with Crippen LogP contribution in [0.2, 0.25) is 0 Å². The molecule has 2 rings (SSSR count). The second-order valence-electron chi connectivity index (χ2n) is 4.96. The van der Waals surface area contributed by atoms with Gasteiger partial charge in [0.2, 0.25) is 0 Å². The molecule has 1 aromatic heterocycles. The van der Waals surface area contributed by atoms with Crippen molar-refractivity contribution in [3.8, 4) is 5.75 Å². The van der Waals surface area contributed by atoms with Crippen LogP contribution in [0.1, 0.15) is 26.8 Å². The van der Waals surface area contributed by atoms with Crippen LogP contribution in [0.25, 0.3) is 10.8 Å². The summed E-state index contributed by atoms with van der Waals surface area (Å²) in [7, 11) is 0. The zero-order valence-electron chi connectivity index (χ0n) is 11.7. The Morgan fingerprint density at radius 2 is 1.95 bits per heavy atom. The zero-order valence-corrected chi connectivity index (χ0v) is 11.7. The third kappa shape index (κ3) is 2.66. The van der Waals surface area contributed by atoms with Gasteiger partial charge in [-0.05, 0) is 50.4 Å². The molecule has 20 heavy (non-hydrogen) atoms.